The van der Waals surface area contributed by atoms with Gasteiger partial charge in [0.1, 0.15) is 18.4 Å². The monoisotopic (exact) mass is 604 g/mol. The molecule has 0 spiro atoms. The lowest BCUT2D eigenvalue weighted by molar-refractivity contribution is -0.141. The van der Waals surface area contributed by atoms with E-state index >= 15 is 0 Å². The minimum atomic E-state index is -0.684. The van der Waals surface area contributed by atoms with Crippen molar-refractivity contribution in [2.45, 2.75) is 25.9 Å². The van der Waals surface area contributed by atoms with Crippen molar-refractivity contribution in [2.24, 2.45) is 0 Å². The fourth-order valence-corrected chi connectivity index (χ4v) is 5.74. The molecule has 0 saturated carbocycles. The predicted molar refractivity (Wildman–Crippen MR) is 178 cm³/mol. The van der Waals surface area contributed by atoms with Gasteiger partial charge in [-0.2, -0.15) is 0 Å². The molecular formula is C37H36N2O4S. The molecule has 224 valence electrons. The number of hydrogen-bond acceptors (Lipinski definition) is 7. The first-order valence-corrected chi connectivity index (χ1v) is 15.5. The lowest BCUT2D eigenvalue weighted by Crippen LogP contribution is -2.33. The van der Waals surface area contributed by atoms with Crippen LogP contribution < -0.4 is 15.0 Å². The van der Waals surface area contributed by atoms with E-state index in [0.29, 0.717) is 29.8 Å². The summed E-state index contributed by atoms with van der Waals surface area (Å²) in [6.07, 6.45) is 0.378. The number of aryl methyl sites for hydroxylation is 1. The summed E-state index contributed by atoms with van der Waals surface area (Å²) in [4.78, 5) is 29.6. The van der Waals surface area contributed by atoms with E-state index in [1.54, 1.807) is 29.5 Å². The number of ketones is 1. The van der Waals surface area contributed by atoms with Gasteiger partial charge >= 0.3 is 5.97 Å². The van der Waals surface area contributed by atoms with Crippen LogP contribution in [0.1, 0.15) is 31.9 Å². The summed E-state index contributed by atoms with van der Waals surface area (Å²) in [6.45, 7) is 4.19. The van der Waals surface area contributed by atoms with Crippen molar-refractivity contribution in [3.8, 4) is 5.75 Å². The van der Waals surface area contributed by atoms with Crippen LogP contribution in [0.15, 0.2) is 121 Å². The maximum Gasteiger partial charge on any atom is 0.328 e. The van der Waals surface area contributed by atoms with Crippen LogP contribution >= 0.6 is 11.3 Å². The molecule has 0 bridgehead atoms. The minimum absolute atomic E-state index is 0.116. The third-order valence-electron chi connectivity index (χ3n) is 7.31. The van der Waals surface area contributed by atoms with Crippen molar-refractivity contribution in [1.82, 2.24) is 0 Å². The largest absolute Gasteiger partial charge is 0.492 e. The molecule has 1 heterocycles. The molecule has 0 radical (unpaired) electrons. The molecule has 0 aliphatic rings. The van der Waals surface area contributed by atoms with Gasteiger partial charge < -0.3 is 19.7 Å². The van der Waals surface area contributed by atoms with Crippen LogP contribution in [-0.2, 0) is 22.5 Å². The smallest absolute Gasteiger partial charge is 0.328 e. The normalized spacial score (nSPS) is 11.4. The van der Waals surface area contributed by atoms with Crippen LogP contribution in [0.5, 0.6) is 5.75 Å². The summed E-state index contributed by atoms with van der Waals surface area (Å²) in [7, 11) is 1.37. The Morgan fingerprint density at radius 3 is 2.36 bits per heavy atom. The van der Waals surface area contributed by atoms with Gasteiger partial charge in [0.05, 0.1) is 20.2 Å². The summed E-state index contributed by atoms with van der Waals surface area (Å²) in [5.74, 6) is 0.236. The number of thiophene rings is 1. The molecule has 44 heavy (non-hydrogen) atoms. The van der Waals surface area contributed by atoms with Crippen molar-refractivity contribution in [3.05, 3.63) is 148 Å². The first kappa shape index (κ1) is 30.6. The summed E-state index contributed by atoms with van der Waals surface area (Å²) in [5.41, 5.74) is 4.99. The van der Waals surface area contributed by atoms with E-state index < -0.39 is 12.0 Å². The van der Waals surface area contributed by atoms with Gasteiger partial charge in [-0.3, -0.25) is 4.79 Å². The number of anilines is 2. The highest BCUT2D eigenvalue weighted by Gasteiger charge is 2.22. The minimum Gasteiger partial charge on any atom is -0.492 e. The van der Waals surface area contributed by atoms with Crippen LogP contribution in [0, 0.1) is 6.92 Å². The molecule has 0 saturated heterocycles. The maximum absolute atomic E-state index is 13.2. The summed E-state index contributed by atoms with van der Waals surface area (Å²) < 4.78 is 11.2. The Morgan fingerprint density at radius 2 is 1.64 bits per heavy atom. The summed E-state index contributed by atoms with van der Waals surface area (Å²) in [5, 5.41) is 5.37. The Labute approximate surface area is 262 Å². The topological polar surface area (TPSA) is 67.9 Å². The zero-order chi connectivity index (χ0) is 30.7. The molecule has 5 rings (SSSR count). The number of ether oxygens (including phenoxy) is 2. The molecule has 4 aromatic carbocycles. The van der Waals surface area contributed by atoms with E-state index in [2.05, 4.69) is 58.9 Å². The van der Waals surface area contributed by atoms with Crippen LogP contribution in [0.4, 0.5) is 11.4 Å². The van der Waals surface area contributed by atoms with Crippen LogP contribution in [0.3, 0.4) is 0 Å². The first-order chi connectivity index (χ1) is 21.5. The second kappa shape index (κ2) is 15.0. The third kappa shape index (κ3) is 8.14. The van der Waals surface area contributed by atoms with Gasteiger partial charge in [0.25, 0.3) is 0 Å². The number of methoxy groups -OCH3 is 1. The number of para-hydroxylation sites is 1. The van der Waals surface area contributed by atoms with Crippen molar-refractivity contribution in [3.63, 3.8) is 0 Å². The van der Waals surface area contributed by atoms with E-state index in [4.69, 9.17) is 9.47 Å². The number of carbonyl (C=O) groups is 2. The molecule has 0 aliphatic carbocycles. The van der Waals surface area contributed by atoms with Gasteiger partial charge in [0.15, 0.2) is 5.78 Å². The molecule has 0 amide bonds. The van der Waals surface area contributed by atoms with E-state index in [1.165, 1.54) is 23.2 Å². The van der Waals surface area contributed by atoms with Crippen molar-refractivity contribution < 1.29 is 19.1 Å². The number of carbonyl (C=O) groups excluding carboxylic acids is 2. The number of nitrogens with one attached hydrogen (secondary N) is 1. The fraction of sp³-hybridized carbons (Fsp3) is 0.189. The van der Waals surface area contributed by atoms with Gasteiger partial charge in [-0.15, -0.1) is 11.3 Å². The van der Waals surface area contributed by atoms with Gasteiger partial charge in [0.2, 0.25) is 0 Å². The van der Waals surface area contributed by atoms with Crippen LogP contribution in [0.25, 0.3) is 0 Å². The average molecular weight is 605 g/mol. The summed E-state index contributed by atoms with van der Waals surface area (Å²) in [6, 6.07) is 36.2. The first-order valence-electron chi connectivity index (χ1n) is 14.6. The van der Waals surface area contributed by atoms with Crippen molar-refractivity contribution >= 4 is 34.5 Å². The van der Waals surface area contributed by atoms with Gasteiger partial charge in [0, 0.05) is 33.8 Å². The van der Waals surface area contributed by atoms with Crippen molar-refractivity contribution in [1.29, 1.82) is 0 Å². The van der Waals surface area contributed by atoms with Crippen LogP contribution in [0.2, 0.25) is 0 Å². The Morgan fingerprint density at radius 1 is 0.864 bits per heavy atom. The molecule has 0 aliphatic heterocycles. The number of nitrogens with zero attached hydrogens (tertiary/aromatic N) is 1. The number of rotatable bonds is 14. The Balaban J connectivity index is 1.22. The van der Waals surface area contributed by atoms with E-state index in [-0.39, 0.29) is 5.78 Å². The lowest BCUT2D eigenvalue weighted by atomic mass is 10.00. The fourth-order valence-electron chi connectivity index (χ4n) is 5.02. The van der Waals surface area contributed by atoms with Gasteiger partial charge in [-0.1, -0.05) is 72.8 Å². The van der Waals surface area contributed by atoms with Gasteiger partial charge in [-0.25, -0.2) is 4.79 Å². The molecule has 0 unspecified atom stereocenters. The molecule has 1 N–H and O–H groups in total. The van der Waals surface area contributed by atoms with E-state index in [9.17, 15) is 9.59 Å². The van der Waals surface area contributed by atoms with E-state index in [1.807, 2.05) is 60.7 Å². The third-order valence-corrected chi connectivity index (χ3v) is 8.17. The summed E-state index contributed by atoms with van der Waals surface area (Å²) >= 11 is 1.75. The predicted octanol–water partition coefficient (Wildman–Crippen LogP) is 7.57. The molecule has 5 aromatic rings. The zero-order valence-electron chi connectivity index (χ0n) is 24.9. The Bertz CT molecular complexity index is 1650. The molecule has 1 aromatic heterocycles. The molecule has 7 heteroatoms. The average Bonchev–Trinajstić information content (AvgIpc) is 3.58. The zero-order valence-corrected chi connectivity index (χ0v) is 25.8. The second-order valence-corrected chi connectivity index (χ2v) is 11.5. The standard InChI is InChI=1S/C37H36N2O4S/c1-27-10-8-13-30(24-27)39(26-32-14-9-23-44-32)21-22-43-31-19-17-28(18-20-31)25-35(37(41)42-2)38-34-16-7-6-15-33(34)36(40)29-11-4-3-5-12-29/h3-20,23-24,35,38H,21-22,25-26H2,1-2H3/t35-/m0/s1. The molecule has 0 fully saturated rings. The van der Waals surface area contributed by atoms with Crippen molar-refractivity contribution in [2.75, 3.05) is 30.5 Å². The number of benzene rings is 4. The van der Waals surface area contributed by atoms with Crippen LogP contribution in [-0.4, -0.2) is 38.1 Å². The van der Waals surface area contributed by atoms with Gasteiger partial charge in [-0.05, 0) is 65.9 Å². The number of hydrogen-bond donors (Lipinski definition) is 1. The molecule has 6 nitrogen and oxygen atoms in total. The van der Waals surface area contributed by atoms with E-state index in [0.717, 1.165) is 24.4 Å². The molecular weight excluding hydrogens is 568 g/mol. The quantitative estimate of drug-likeness (QED) is 0.104. The number of esters is 1. The Hall–Kier alpha value is -4.88. The highest BCUT2D eigenvalue weighted by Crippen LogP contribution is 2.23. The SMILES string of the molecule is COC(=O)[C@H](Cc1ccc(OCCN(Cc2cccs2)c2cccc(C)c2)cc1)Nc1ccccc1C(=O)c1ccccc1. The highest BCUT2D eigenvalue weighted by atomic mass is 32.1. The molecule has 1 atom stereocenters. The second-order valence-electron chi connectivity index (χ2n) is 10.5. The lowest BCUT2D eigenvalue weighted by Gasteiger charge is -2.25. The maximum atomic E-state index is 13.2. The highest BCUT2D eigenvalue weighted by molar-refractivity contribution is 7.09. The Kier molecular flexibility index (Phi) is 10.4.